The number of hydrogen-bond donors (Lipinski definition) is 1. The predicted octanol–water partition coefficient (Wildman–Crippen LogP) is 3.78. The van der Waals surface area contributed by atoms with Crippen LogP contribution in [0.2, 0.25) is 0 Å². The van der Waals surface area contributed by atoms with Crippen molar-refractivity contribution in [1.29, 1.82) is 0 Å². The Bertz CT molecular complexity index is 754. The summed E-state index contributed by atoms with van der Waals surface area (Å²) in [5.41, 5.74) is 1.68. The van der Waals surface area contributed by atoms with Gasteiger partial charge in [-0.15, -0.1) is 24.8 Å². The normalized spacial score (nSPS) is 23.3. The number of likely N-dealkylation sites (N-methyl/N-ethyl adjacent to an activating group) is 1. The molecule has 0 saturated carbocycles. The van der Waals surface area contributed by atoms with Gasteiger partial charge in [0.1, 0.15) is 5.76 Å². The highest BCUT2D eigenvalue weighted by Gasteiger charge is 2.36. The molecule has 1 amide bonds. The van der Waals surface area contributed by atoms with E-state index in [1.807, 2.05) is 49.2 Å². The van der Waals surface area contributed by atoms with E-state index in [1.165, 1.54) is 12.8 Å². The Morgan fingerprint density at radius 1 is 1.19 bits per heavy atom. The van der Waals surface area contributed by atoms with Crippen LogP contribution in [0.25, 0.3) is 11.5 Å². The lowest BCUT2D eigenvalue weighted by molar-refractivity contribution is -0.132. The summed E-state index contributed by atoms with van der Waals surface area (Å²) in [7, 11) is 1.94. The largest absolute Gasteiger partial charge is 0.441 e. The average Bonchev–Trinajstić information content (AvgIpc) is 3.16. The van der Waals surface area contributed by atoms with Gasteiger partial charge in [0.2, 0.25) is 11.8 Å². The van der Waals surface area contributed by atoms with Gasteiger partial charge in [0.15, 0.2) is 0 Å². The molecule has 1 aromatic heterocycles. The molecule has 27 heavy (non-hydrogen) atoms. The maximum Gasteiger partial charge on any atom is 0.228 e. The monoisotopic (exact) mass is 411 g/mol. The highest BCUT2D eigenvalue weighted by molar-refractivity contribution is 5.85. The van der Waals surface area contributed by atoms with Crippen LogP contribution in [0.4, 0.5) is 0 Å². The number of fused-ring (bicyclic) bond motifs is 2. The van der Waals surface area contributed by atoms with E-state index in [-0.39, 0.29) is 30.7 Å². The van der Waals surface area contributed by atoms with E-state index in [4.69, 9.17) is 4.42 Å². The smallest absolute Gasteiger partial charge is 0.228 e. The van der Waals surface area contributed by atoms with Gasteiger partial charge in [-0.3, -0.25) is 4.79 Å². The van der Waals surface area contributed by atoms with E-state index < -0.39 is 0 Å². The third-order valence-corrected chi connectivity index (χ3v) is 5.62. The topological polar surface area (TPSA) is 58.4 Å². The molecular weight excluding hydrogens is 385 g/mol. The lowest BCUT2D eigenvalue weighted by Gasteiger charge is -2.35. The Morgan fingerprint density at radius 2 is 1.81 bits per heavy atom. The minimum Gasteiger partial charge on any atom is -0.441 e. The van der Waals surface area contributed by atoms with Gasteiger partial charge in [-0.05, 0) is 44.7 Å². The average molecular weight is 412 g/mol. The Morgan fingerprint density at radius 3 is 2.44 bits per heavy atom. The fourth-order valence-electron chi connectivity index (χ4n) is 4.11. The predicted molar refractivity (Wildman–Crippen MR) is 111 cm³/mol. The highest BCUT2D eigenvalue weighted by Crippen LogP contribution is 2.30. The van der Waals surface area contributed by atoms with E-state index >= 15 is 0 Å². The first kappa shape index (κ1) is 21.7. The fraction of sp³-hybridized carbons (Fsp3) is 0.500. The summed E-state index contributed by atoms with van der Waals surface area (Å²) < 4.78 is 5.78. The van der Waals surface area contributed by atoms with Crippen LogP contribution >= 0.6 is 24.8 Å². The minimum atomic E-state index is 0. The number of aryl methyl sites for hydroxylation is 1. The standard InChI is InChI=1S/C20H25N3O2.2ClH/c1-13-18(22-20(25-13)14-6-4-3-5-7-14)12-19(24)23(2)17-10-15-8-9-16(11-17)21-15;;/h3-7,15-17,21H,8-12H2,1-2H3;2*1H. The molecule has 1 N–H and O–H groups in total. The summed E-state index contributed by atoms with van der Waals surface area (Å²) in [6.45, 7) is 1.88. The molecule has 2 aliphatic rings. The molecule has 3 heterocycles. The van der Waals surface area contributed by atoms with E-state index in [0.717, 1.165) is 29.9 Å². The van der Waals surface area contributed by atoms with Gasteiger partial charge in [0.25, 0.3) is 0 Å². The summed E-state index contributed by atoms with van der Waals surface area (Å²) in [4.78, 5) is 19.3. The second-order valence-electron chi connectivity index (χ2n) is 7.33. The number of carbonyl (C=O) groups excluding carboxylic acids is 1. The van der Waals surface area contributed by atoms with Crippen LogP contribution in [0, 0.1) is 6.92 Å². The van der Waals surface area contributed by atoms with E-state index in [0.29, 0.717) is 30.4 Å². The van der Waals surface area contributed by atoms with Crippen LogP contribution in [-0.2, 0) is 11.2 Å². The highest BCUT2D eigenvalue weighted by atomic mass is 35.5. The van der Waals surface area contributed by atoms with Crippen LogP contribution in [0.5, 0.6) is 0 Å². The minimum absolute atomic E-state index is 0. The van der Waals surface area contributed by atoms with Gasteiger partial charge in [0, 0.05) is 30.7 Å². The Labute approximate surface area is 172 Å². The molecule has 1 aromatic carbocycles. The molecule has 0 aliphatic carbocycles. The Kier molecular flexibility index (Phi) is 7.32. The van der Waals surface area contributed by atoms with Crippen molar-refractivity contribution in [3.63, 3.8) is 0 Å². The number of nitrogens with zero attached hydrogens (tertiary/aromatic N) is 2. The number of benzene rings is 1. The molecule has 2 atom stereocenters. The second-order valence-corrected chi connectivity index (χ2v) is 7.33. The maximum absolute atomic E-state index is 12.8. The molecule has 5 nitrogen and oxygen atoms in total. The number of aromatic nitrogens is 1. The summed E-state index contributed by atoms with van der Waals surface area (Å²) in [5.74, 6) is 1.44. The molecule has 2 unspecified atom stereocenters. The van der Waals surface area contributed by atoms with Crippen molar-refractivity contribution in [2.75, 3.05) is 7.05 Å². The maximum atomic E-state index is 12.8. The summed E-state index contributed by atoms with van der Waals surface area (Å²) >= 11 is 0. The number of oxazole rings is 1. The molecule has 2 aromatic rings. The Balaban J connectivity index is 0.00000131. The van der Waals surface area contributed by atoms with Crippen LogP contribution in [0.1, 0.15) is 37.1 Å². The molecule has 2 aliphatic heterocycles. The van der Waals surface area contributed by atoms with Crippen LogP contribution in [-0.4, -0.2) is 41.0 Å². The quantitative estimate of drug-likeness (QED) is 0.831. The summed E-state index contributed by atoms with van der Waals surface area (Å²) in [5, 5.41) is 3.63. The van der Waals surface area contributed by atoms with E-state index in [9.17, 15) is 4.79 Å². The number of nitrogens with one attached hydrogen (secondary N) is 1. The number of halogens is 2. The number of amides is 1. The van der Waals surface area contributed by atoms with Crippen molar-refractivity contribution < 1.29 is 9.21 Å². The Hall–Kier alpha value is -1.56. The molecule has 2 saturated heterocycles. The second kappa shape index (κ2) is 9.09. The van der Waals surface area contributed by atoms with E-state index in [1.54, 1.807) is 0 Å². The van der Waals surface area contributed by atoms with Crippen LogP contribution in [0.15, 0.2) is 34.7 Å². The van der Waals surface area contributed by atoms with Crippen molar-refractivity contribution >= 4 is 30.7 Å². The van der Waals surface area contributed by atoms with Gasteiger partial charge in [0.05, 0.1) is 12.1 Å². The zero-order valence-corrected chi connectivity index (χ0v) is 17.3. The molecule has 7 heteroatoms. The first-order valence-corrected chi connectivity index (χ1v) is 9.13. The van der Waals surface area contributed by atoms with Crippen LogP contribution in [0.3, 0.4) is 0 Å². The first-order chi connectivity index (χ1) is 12.1. The number of piperidine rings is 1. The number of rotatable bonds is 4. The molecule has 0 spiro atoms. The molecule has 0 radical (unpaired) electrons. The SMILES string of the molecule is Cc1oc(-c2ccccc2)nc1CC(=O)N(C)C1CC2CCC(C1)N2.Cl.Cl. The zero-order chi connectivity index (χ0) is 17.4. The van der Waals surface area contributed by atoms with Crippen molar-refractivity contribution in [1.82, 2.24) is 15.2 Å². The van der Waals surface area contributed by atoms with Gasteiger partial charge in [-0.25, -0.2) is 4.98 Å². The fourth-order valence-corrected chi connectivity index (χ4v) is 4.11. The van der Waals surface area contributed by atoms with Crippen LogP contribution < -0.4 is 5.32 Å². The molecule has 2 bridgehead atoms. The third kappa shape index (κ3) is 4.65. The van der Waals surface area contributed by atoms with Crippen molar-refractivity contribution in [3.05, 3.63) is 41.8 Å². The van der Waals surface area contributed by atoms with Crippen molar-refractivity contribution in [2.45, 2.75) is 57.2 Å². The zero-order valence-electron chi connectivity index (χ0n) is 15.7. The molecule has 148 valence electrons. The van der Waals surface area contributed by atoms with Gasteiger partial charge in [-0.2, -0.15) is 0 Å². The van der Waals surface area contributed by atoms with Gasteiger partial charge >= 0.3 is 0 Å². The number of hydrogen-bond acceptors (Lipinski definition) is 4. The van der Waals surface area contributed by atoms with Crippen molar-refractivity contribution in [3.8, 4) is 11.5 Å². The first-order valence-electron chi connectivity index (χ1n) is 9.13. The van der Waals surface area contributed by atoms with Crippen molar-refractivity contribution in [2.24, 2.45) is 0 Å². The van der Waals surface area contributed by atoms with Gasteiger partial charge in [-0.1, -0.05) is 18.2 Å². The molecule has 2 fully saturated rings. The third-order valence-electron chi connectivity index (χ3n) is 5.62. The molecule has 4 rings (SSSR count). The number of carbonyl (C=O) groups is 1. The summed E-state index contributed by atoms with van der Waals surface area (Å²) in [6.07, 6.45) is 4.91. The lowest BCUT2D eigenvalue weighted by Crippen LogP contribution is -2.49. The lowest BCUT2D eigenvalue weighted by atomic mass is 9.98. The summed E-state index contributed by atoms with van der Waals surface area (Å²) in [6, 6.07) is 11.3. The van der Waals surface area contributed by atoms with Gasteiger partial charge < -0.3 is 14.6 Å². The van der Waals surface area contributed by atoms with E-state index in [2.05, 4.69) is 10.3 Å². The molecular formula is C20H27Cl2N3O2.